The van der Waals surface area contributed by atoms with Gasteiger partial charge >= 0.3 is 5.97 Å². The first-order chi connectivity index (χ1) is 11.3. The largest absolute Gasteiger partial charge is 0.454 e. The summed E-state index contributed by atoms with van der Waals surface area (Å²) in [6, 6.07) is 6.22. The van der Waals surface area contributed by atoms with Gasteiger partial charge in [-0.25, -0.2) is 4.79 Å². The first-order valence-corrected chi connectivity index (χ1v) is 7.76. The molecule has 2 N–H and O–H groups in total. The van der Waals surface area contributed by atoms with Gasteiger partial charge in [0.25, 0.3) is 0 Å². The molecule has 0 aliphatic heterocycles. The first kappa shape index (κ1) is 17.8. The van der Waals surface area contributed by atoms with E-state index in [4.69, 9.17) is 22.1 Å². The van der Waals surface area contributed by atoms with Crippen molar-refractivity contribution in [2.24, 2.45) is 0 Å². The monoisotopic (exact) mass is 346 g/mol. The minimum absolute atomic E-state index is 0.252. The second-order valence-corrected chi connectivity index (χ2v) is 5.83. The maximum atomic E-state index is 12.3. The number of allylic oxidation sites excluding steroid dienone is 1. The zero-order valence-corrected chi connectivity index (χ0v) is 14.4. The molecule has 0 saturated heterocycles. The van der Waals surface area contributed by atoms with Crippen LogP contribution in [0.4, 0.5) is 5.69 Å². The third-order valence-electron chi connectivity index (χ3n) is 3.75. The van der Waals surface area contributed by atoms with Crippen LogP contribution in [0.5, 0.6) is 0 Å². The van der Waals surface area contributed by atoms with Crippen LogP contribution in [0.3, 0.4) is 0 Å². The zero-order valence-electron chi connectivity index (χ0n) is 13.6. The summed E-state index contributed by atoms with van der Waals surface area (Å²) in [7, 11) is 0. The van der Waals surface area contributed by atoms with Crippen LogP contribution in [0.2, 0.25) is 5.02 Å². The van der Waals surface area contributed by atoms with E-state index < -0.39 is 5.97 Å². The number of Topliss-reactive ketones (excluding diaryl/α,β-unsaturated/α-hetero) is 1. The summed E-state index contributed by atoms with van der Waals surface area (Å²) in [6.07, 6.45) is 1.76. The van der Waals surface area contributed by atoms with Gasteiger partial charge < -0.3 is 15.0 Å². The van der Waals surface area contributed by atoms with Crippen molar-refractivity contribution < 1.29 is 14.3 Å². The third-order valence-corrected chi connectivity index (χ3v) is 4.10. The lowest BCUT2D eigenvalue weighted by molar-refractivity contribution is 0.0474. The number of carbonyl (C=O) groups is 2. The normalized spacial score (nSPS) is 10.5. The number of hydrogen-bond donors (Lipinski definition) is 1. The molecular weight excluding hydrogens is 328 g/mol. The molecule has 24 heavy (non-hydrogen) atoms. The van der Waals surface area contributed by atoms with Crippen LogP contribution in [0.15, 0.2) is 36.9 Å². The zero-order chi connectivity index (χ0) is 17.9. The number of hydrogen-bond acceptors (Lipinski definition) is 4. The average Bonchev–Trinajstić information content (AvgIpc) is 2.83. The van der Waals surface area contributed by atoms with Gasteiger partial charge in [0.2, 0.25) is 5.78 Å². The van der Waals surface area contributed by atoms with E-state index in [1.54, 1.807) is 12.1 Å². The highest BCUT2D eigenvalue weighted by molar-refractivity contribution is 6.33. The van der Waals surface area contributed by atoms with Crippen molar-refractivity contribution in [1.82, 2.24) is 4.57 Å². The Labute approximate surface area is 145 Å². The highest BCUT2D eigenvalue weighted by atomic mass is 35.5. The van der Waals surface area contributed by atoms with Crippen molar-refractivity contribution in [2.45, 2.75) is 20.4 Å². The molecule has 2 aromatic rings. The van der Waals surface area contributed by atoms with Crippen LogP contribution >= 0.6 is 11.6 Å². The van der Waals surface area contributed by atoms with Gasteiger partial charge in [-0.05, 0) is 38.1 Å². The SMILES string of the molecule is C=CCn1c(C)cc(C(=O)COC(=O)c2ccc(Cl)c(N)c2)c1C. The predicted octanol–water partition coefficient (Wildman–Crippen LogP) is 3.57. The Kier molecular flexibility index (Phi) is 5.46. The van der Waals surface area contributed by atoms with Crippen molar-refractivity contribution in [3.05, 3.63) is 64.5 Å². The maximum Gasteiger partial charge on any atom is 0.338 e. The third kappa shape index (κ3) is 3.68. The quantitative estimate of drug-likeness (QED) is 0.375. The number of ether oxygens (including phenoxy) is 1. The molecule has 0 unspecified atom stereocenters. The second kappa shape index (κ2) is 7.36. The van der Waals surface area contributed by atoms with Gasteiger partial charge in [0.1, 0.15) is 0 Å². The fourth-order valence-electron chi connectivity index (χ4n) is 2.46. The summed E-state index contributed by atoms with van der Waals surface area (Å²) in [5.41, 5.74) is 8.50. The molecule has 0 saturated carbocycles. The number of benzene rings is 1. The van der Waals surface area contributed by atoms with E-state index >= 15 is 0 Å². The summed E-state index contributed by atoms with van der Waals surface area (Å²) in [6.45, 7) is 7.76. The van der Waals surface area contributed by atoms with Gasteiger partial charge in [-0.2, -0.15) is 0 Å². The Morgan fingerprint density at radius 1 is 1.33 bits per heavy atom. The van der Waals surface area contributed by atoms with Gasteiger partial charge in [-0.1, -0.05) is 17.7 Å². The lowest BCUT2D eigenvalue weighted by Crippen LogP contribution is -2.15. The highest BCUT2D eigenvalue weighted by Gasteiger charge is 2.17. The minimum Gasteiger partial charge on any atom is -0.454 e. The van der Waals surface area contributed by atoms with Crippen molar-refractivity contribution >= 4 is 29.0 Å². The smallest absolute Gasteiger partial charge is 0.338 e. The van der Waals surface area contributed by atoms with Gasteiger partial charge in [0.05, 0.1) is 16.3 Å². The molecule has 6 heteroatoms. The molecule has 0 aliphatic carbocycles. The number of aryl methyl sites for hydroxylation is 1. The lowest BCUT2D eigenvalue weighted by atomic mass is 10.1. The Hall–Kier alpha value is -2.53. The van der Waals surface area contributed by atoms with Gasteiger partial charge in [-0.3, -0.25) is 4.79 Å². The van der Waals surface area contributed by atoms with Crippen LogP contribution in [0.25, 0.3) is 0 Å². The average molecular weight is 347 g/mol. The molecule has 0 spiro atoms. The number of anilines is 1. The van der Waals surface area contributed by atoms with Gasteiger partial charge in [0, 0.05) is 23.5 Å². The van der Waals surface area contributed by atoms with Crippen molar-refractivity contribution in [1.29, 1.82) is 0 Å². The second-order valence-electron chi connectivity index (χ2n) is 5.42. The molecule has 1 aromatic heterocycles. The number of ketones is 1. The van der Waals surface area contributed by atoms with Crippen LogP contribution in [-0.2, 0) is 11.3 Å². The molecule has 0 fully saturated rings. The maximum absolute atomic E-state index is 12.3. The standard InChI is InChI=1S/C18H19ClN2O3/c1-4-7-21-11(2)8-14(12(21)3)17(22)10-24-18(23)13-5-6-15(19)16(20)9-13/h4-6,8-9H,1,7,10,20H2,2-3H3. The molecule has 1 aromatic carbocycles. The van der Waals surface area contributed by atoms with Crippen LogP contribution < -0.4 is 5.73 Å². The van der Waals surface area contributed by atoms with Gasteiger partial charge in [0.15, 0.2) is 6.61 Å². The van der Waals surface area contributed by atoms with E-state index in [1.807, 2.05) is 18.4 Å². The van der Waals surface area contributed by atoms with Gasteiger partial charge in [-0.15, -0.1) is 6.58 Å². The lowest BCUT2D eigenvalue weighted by Gasteiger charge is -2.07. The molecule has 0 bridgehead atoms. The minimum atomic E-state index is -0.619. The number of carbonyl (C=O) groups excluding carboxylic acids is 2. The number of nitrogens with two attached hydrogens (primary N) is 1. The molecular formula is C18H19ClN2O3. The number of rotatable bonds is 6. The molecule has 1 heterocycles. The Balaban J connectivity index is 2.07. The Bertz CT molecular complexity index is 809. The Morgan fingerprint density at radius 3 is 2.67 bits per heavy atom. The topological polar surface area (TPSA) is 74.3 Å². The molecule has 0 aliphatic rings. The molecule has 126 valence electrons. The van der Waals surface area contributed by atoms with E-state index in [9.17, 15) is 9.59 Å². The molecule has 5 nitrogen and oxygen atoms in total. The molecule has 0 amide bonds. The number of nitrogen functional groups attached to an aromatic ring is 1. The molecule has 0 atom stereocenters. The summed E-state index contributed by atoms with van der Waals surface area (Å²) in [4.78, 5) is 24.3. The molecule has 0 radical (unpaired) electrons. The van der Waals surface area contributed by atoms with E-state index in [-0.39, 0.29) is 23.6 Å². The van der Waals surface area contributed by atoms with Crippen LogP contribution in [-0.4, -0.2) is 22.9 Å². The number of aromatic nitrogens is 1. The first-order valence-electron chi connectivity index (χ1n) is 7.38. The summed E-state index contributed by atoms with van der Waals surface area (Å²) < 4.78 is 7.06. The fourth-order valence-corrected chi connectivity index (χ4v) is 2.57. The highest BCUT2D eigenvalue weighted by Crippen LogP contribution is 2.20. The van der Waals surface area contributed by atoms with Crippen molar-refractivity contribution in [3.63, 3.8) is 0 Å². The summed E-state index contributed by atoms with van der Waals surface area (Å²) in [5, 5.41) is 0.359. The predicted molar refractivity (Wildman–Crippen MR) is 94.6 cm³/mol. The van der Waals surface area contributed by atoms with Crippen molar-refractivity contribution in [3.8, 4) is 0 Å². The van der Waals surface area contributed by atoms with E-state index in [0.29, 0.717) is 17.1 Å². The van der Waals surface area contributed by atoms with Crippen molar-refractivity contribution in [2.75, 3.05) is 12.3 Å². The Morgan fingerprint density at radius 2 is 2.04 bits per heavy atom. The van der Waals surface area contributed by atoms with Crippen LogP contribution in [0.1, 0.15) is 32.1 Å². The van der Waals surface area contributed by atoms with Crippen LogP contribution in [0, 0.1) is 13.8 Å². The fraction of sp³-hybridized carbons (Fsp3) is 0.222. The number of halogens is 1. The summed E-state index contributed by atoms with van der Waals surface area (Å²) in [5.74, 6) is -0.875. The number of esters is 1. The van der Waals surface area contributed by atoms with E-state index in [0.717, 1.165) is 11.4 Å². The summed E-state index contributed by atoms with van der Waals surface area (Å²) >= 11 is 5.81. The number of nitrogens with zero attached hydrogens (tertiary/aromatic N) is 1. The molecule has 2 rings (SSSR count). The van der Waals surface area contributed by atoms with E-state index in [1.165, 1.54) is 18.2 Å². The van der Waals surface area contributed by atoms with E-state index in [2.05, 4.69) is 6.58 Å².